The molecule has 8 heteroatoms. The van der Waals surface area contributed by atoms with E-state index in [4.69, 9.17) is 19.5 Å². The van der Waals surface area contributed by atoms with E-state index in [0.717, 1.165) is 41.8 Å². The van der Waals surface area contributed by atoms with Crippen LogP contribution in [0.4, 0.5) is 0 Å². The molecule has 2 N–H and O–H groups in total. The molecule has 0 bridgehead atoms. The summed E-state index contributed by atoms with van der Waals surface area (Å²) in [6, 6.07) is 7.58. The summed E-state index contributed by atoms with van der Waals surface area (Å²) in [6.07, 6.45) is 2.86. The topological polar surface area (TPSA) is 100 Å². The Morgan fingerprint density at radius 1 is 1.15 bits per heavy atom. The molecule has 1 aliphatic carbocycles. The van der Waals surface area contributed by atoms with Gasteiger partial charge < -0.3 is 19.5 Å². The van der Waals surface area contributed by atoms with E-state index in [1.807, 2.05) is 38.1 Å². The van der Waals surface area contributed by atoms with Gasteiger partial charge in [-0.3, -0.25) is 0 Å². The highest BCUT2D eigenvalue weighted by atomic mass is 35.5. The van der Waals surface area contributed by atoms with Gasteiger partial charge in [0.15, 0.2) is 5.82 Å². The fraction of sp³-hybridized carbons (Fsp3) is 0.389. The highest BCUT2D eigenvalue weighted by molar-refractivity contribution is 5.85. The van der Waals surface area contributed by atoms with Crippen molar-refractivity contribution < 1.29 is 13.8 Å². The SMILES string of the molecule is Cc1noc(C)c1COc1ccccc1-c1nc(C2(N)CCC2)no1.Cl. The average molecular weight is 377 g/mol. The molecule has 0 amide bonds. The lowest BCUT2D eigenvalue weighted by atomic mass is 9.77. The Morgan fingerprint density at radius 3 is 2.58 bits per heavy atom. The Bertz CT molecular complexity index is 882. The zero-order valence-corrected chi connectivity index (χ0v) is 15.5. The van der Waals surface area contributed by atoms with Crippen LogP contribution in [0.2, 0.25) is 0 Å². The lowest BCUT2D eigenvalue weighted by Crippen LogP contribution is -2.44. The summed E-state index contributed by atoms with van der Waals surface area (Å²) in [5, 5.41) is 8.02. The Labute approximate surface area is 157 Å². The number of nitrogens with two attached hydrogens (primary N) is 1. The molecule has 0 aliphatic heterocycles. The molecule has 4 rings (SSSR count). The molecule has 2 aromatic heterocycles. The molecule has 0 unspecified atom stereocenters. The first-order valence-electron chi connectivity index (χ1n) is 8.34. The summed E-state index contributed by atoms with van der Waals surface area (Å²) in [5.74, 6) is 2.40. The van der Waals surface area contributed by atoms with E-state index in [1.54, 1.807) is 0 Å². The number of hydrogen-bond acceptors (Lipinski definition) is 7. The molecule has 1 aromatic carbocycles. The standard InChI is InChI=1S/C18H20N4O3.ClH/c1-11-14(12(2)24-21-11)10-23-15-7-4-3-6-13(15)16-20-17(22-25-16)18(19)8-5-9-18;/h3-4,6-7H,5,8-10,19H2,1-2H3;1H. The maximum atomic E-state index is 6.28. The fourth-order valence-electron chi connectivity index (χ4n) is 2.94. The number of benzene rings is 1. The summed E-state index contributed by atoms with van der Waals surface area (Å²) >= 11 is 0. The third-order valence-corrected chi connectivity index (χ3v) is 4.79. The van der Waals surface area contributed by atoms with E-state index in [9.17, 15) is 0 Å². The van der Waals surface area contributed by atoms with Crippen molar-refractivity contribution in [2.45, 2.75) is 45.3 Å². The summed E-state index contributed by atoms with van der Waals surface area (Å²) in [4.78, 5) is 4.50. The third kappa shape index (κ3) is 3.20. The van der Waals surface area contributed by atoms with Crippen molar-refractivity contribution in [1.82, 2.24) is 15.3 Å². The summed E-state index contributed by atoms with van der Waals surface area (Å²) in [7, 11) is 0. The molecule has 0 saturated heterocycles. The first-order valence-corrected chi connectivity index (χ1v) is 8.34. The molecule has 0 spiro atoms. The molecule has 7 nitrogen and oxygen atoms in total. The van der Waals surface area contributed by atoms with E-state index in [-0.39, 0.29) is 12.4 Å². The molecule has 0 atom stereocenters. The maximum Gasteiger partial charge on any atom is 0.261 e. The second kappa shape index (κ2) is 7.09. The number of nitrogens with zero attached hydrogens (tertiary/aromatic N) is 3. The van der Waals surface area contributed by atoms with Crippen LogP contribution in [0.25, 0.3) is 11.5 Å². The lowest BCUT2D eigenvalue weighted by molar-refractivity contribution is 0.229. The van der Waals surface area contributed by atoms with Crippen LogP contribution in [-0.2, 0) is 12.1 Å². The highest BCUT2D eigenvalue weighted by Gasteiger charge is 2.39. The highest BCUT2D eigenvalue weighted by Crippen LogP contribution is 2.38. The van der Waals surface area contributed by atoms with Crippen LogP contribution in [0.1, 0.15) is 42.1 Å². The van der Waals surface area contributed by atoms with Gasteiger partial charge in [0.1, 0.15) is 18.1 Å². The predicted molar refractivity (Wildman–Crippen MR) is 97.0 cm³/mol. The van der Waals surface area contributed by atoms with Gasteiger partial charge in [0, 0.05) is 0 Å². The van der Waals surface area contributed by atoms with Gasteiger partial charge in [0.05, 0.1) is 22.4 Å². The van der Waals surface area contributed by atoms with Crippen molar-refractivity contribution in [2.24, 2.45) is 5.73 Å². The monoisotopic (exact) mass is 376 g/mol. The number of rotatable bonds is 5. The van der Waals surface area contributed by atoms with E-state index in [2.05, 4.69) is 15.3 Å². The largest absolute Gasteiger partial charge is 0.488 e. The second-order valence-corrected chi connectivity index (χ2v) is 6.52. The van der Waals surface area contributed by atoms with Crippen molar-refractivity contribution in [3.05, 3.63) is 47.1 Å². The van der Waals surface area contributed by atoms with Crippen molar-refractivity contribution in [3.63, 3.8) is 0 Å². The first-order chi connectivity index (χ1) is 12.1. The van der Waals surface area contributed by atoms with Crippen LogP contribution in [0.5, 0.6) is 5.75 Å². The van der Waals surface area contributed by atoms with Crippen molar-refractivity contribution in [2.75, 3.05) is 0 Å². The Kier molecular flexibility index (Phi) is 5.02. The van der Waals surface area contributed by atoms with Crippen LogP contribution in [0.15, 0.2) is 33.3 Å². The lowest BCUT2D eigenvalue weighted by Gasteiger charge is -2.34. The summed E-state index contributed by atoms with van der Waals surface area (Å²) < 4.78 is 16.6. The van der Waals surface area contributed by atoms with Crippen molar-refractivity contribution in [1.29, 1.82) is 0 Å². The van der Waals surface area contributed by atoms with Gasteiger partial charge >= 0.3 is 0 Å². The van der Waals surface area contributed by atoms with Crippen molar-refractivity contribution >= 4 is 12.4 Å². The number of hydrogen-bond donors (Lipinski definition) is 1. The van der Waals surface area contributed by atoms with Gasteiger partial charge in [0.2, 0.25) is 0 Å². The van der Waals surface area contributed by atoms with Gasteiger partial charge in [-0.05, 0) is 45.2 Å². The molecule has 3 aromatic rings. The Morgan fingerprint density at radius 2 is 1.92 bits per heavy atom. The fourth-order valence-corrected chi connectivity index (χ4v) is 2.94. The molecular formula is C18H21ClN4O3. The number of aromatic nitrogens is 3. The number of ether oxygens (including phenoxy) is 1. The van der Waals surface area contributed by atoms with Crippen LogP contribution >= 0.6 is 12.4 Å². The molecule has 1 saturated carbocycles. The average Bonchev–Trinajstić information content (AvgIpc) is 3.19. The minimum Gasteiger partial charge on any atom is -0.488 e. The normalized spacial score (nSPS) is 15.2. The zero-order chi connectivity index (χ0) is 17.4. The molecule has 26 heavy (non-hydrogen) atoms. The maximum absolute atomic E-state index is 6.28. The number of para-hydroxylation sites is 1. The van der Waals surface area contributed by atoms with Crippen LogP contribution in [0.3, 0.4) is 0 Å². The minimum atomic E-state index is -0.450. The van der Waals surface area contributed by atoms with Gasteiger partial charge in [-0.25, -0.2) is 0 Å². The van der Waals surface area contributed by atoms with Gasteiger partial charge in [-0.15, -0.1) is 12.4 Å². The number of aryl methyl sites for hydroxylation is 2. The number of halogens is 1. The van der Waals surface area contributed by atoms with Crippen molar-refractivity contribution in [3.8, 4) is 17.2 Å². The summed E-state index contributed by atoms with van der Waals surface area (Å²) in [6.45, 7) is 4.12. The van der Waals surface area contributed by atoms with Crippen LogP contribution in [0, 0.1) is 13.8 Å². The van der Waals surface area contributed by atoms with E-state index in [1.165, 1.54) is 0 Å². The van der Waals surface area contributed by atoms with E-state index < -0.39 is 5.54 Å². The van der Waals surface area contributed by atoms with Crippen LogP contribution in [-0.4, -0.2) is 15.3 Å². The second-order valence-electron chi connectivity index (χ2n) is 6.52. The molecule has 138 valence electrons. The first kappa shape index (κ1) is 18.4. The van der Waals surface area contributed by atoms with Gasteiger partial charge in [-0.2, -0.15) is 4.98 Å². The molecule has 2 heterocycles. The quantitative estimate of drug-likeness (QED) is 0.724. The molecule has 1 aliphatic rings. The third-order valence-electron chi connectivity index (χ3n) is 4.79. The Balaban J connectivity index is 0.00000196. The van der Waals surface area contributed by atoms with Gasteiger partial charge in [0.25, 0.3) is 5.89 Å². The predicted octanol–water partition coefficient (Wildman–Crippen LogP) is 3.68. The zero-order valence-electron chi connectivity index (χ0n) is 14.7. The Hall–Kier alpha value is -2.38. The molecule has 0 radical (unpaired) electrons. The summed E-state index contributed by atoms with van der Waals surface area (Å²) in [5.41, 5.74) is 8.34. The van der Waals surface area contributed by atoms with E-state index >= 15 is 0 Å². The van der Waals surface area contributed by atoms with E-state index in [0.29, 0.717) is 24.1 Å². The smallest absolute Gasteiger partial charge is 0.261 e. The molecular weight excluding hydrogens is 356 g/mol. The molecule has 1 fully saturated rings. The van der Waals surface area contributed by atoms with Crippen LogP contribution < -0.4 is 10.5 Å². The minimum absolute atomic E-state index is 0. The van der Waals surface area contributed by atoms with Gasteiger partial charge in [-0.1, -0.05) is 22.4 Å².